The normalized spacial score (nSPS) is 16.4. The van der Waals surface area contributed by atoms with Crippen LogP contribution in [-0.2, 0) is 10.1 Å². The van der Waals surface area contributed by atoms with Gasteiger partial charge in [-0.05, 0) is 37.8 Å². The largest absolute Gasteiger partial charge is 0.383 e. The minimum Gasteiger partial charge on any atom is -0.383 e. The third-order valence-corrected chi connectivity index (χ3v) is 4.43. The van der Waals surface area contributed by atoms with Gasteiger partial charge in [0.2, 0.25) is 0 Å². The molecule has 1 aromatic rings. The molecular formula is C15H21BrFNO. The molecule has 0 aromatic heterocycles. The van der Waals surface area contributed by atoms with Crippen LogP contribution in [0.25, 0.3) is 0 Å². The van der Waals surface area contributed by atoms with Crippen LogP contribution in [-0.4, -0.2) is 26.3 Å². The summed E-state index contributed by atoms with van der Waals surface area (Å²) in [7, 11) is 1.71. The van der Waals surface area contributed by atoms with Gasteiger partial charge in [-0.2, -0.15) is 0 Å². The van der Waals surface area contributed by atoms with Crippen LogP contribution in [0.3, 0.4) is 0 Å². The molecule has 0 spiro atoms. The Labute approximate surface area is 123 Å². The van der Waals surface area contributed by atoms with Crippen molar-refractivity contribution in [2.45, 2.75) is 31.1 Å². The first-order valence-electron chi connectivity index (χ1n) is 6.78. The van der Waals surface area contributed by atoms with E-state index in [2.05, 4.69) is 27.8 Å². The zero-order valence-corrected chi connectivity index (χ0v) is 13.1. The van der Waals surface area contributed by atoms with Crippen LogP contribution < -0.4 is 4.90 Å². The van der Waals surface area contributed by atoms with Gasteiger partial charge in [0.05, 0.1) is 6.61 Å². The minimum absolute atomic E-state index is 0.139. The number of benzene rings is 1. The molecule has 1 fully saturated rings. The fourth-order valence-electron chi connectivity index (χ4n) is 2.51. The average molecular weight is 330 g/mol. The molecular weight excluding hydrogens is 309 g/mol. The fourth-order valence-corrected chi connectivity index (χ4v) is 3.07. The summed E-state index contributed by atoms with van der Waals surface area (Å²) in [6.07, 6.45) is 2.56. The van der Waals surface area contributed by atoms with Gasteiger partial charge < -0.3 is 9.64 Å². The van der Waals surface area contributed by atoms with Crippen LogP contribution in [0.5, 0.6) is 0 Å². The van der Waals surface area contributed by atoms with Gasteiger partial charge in [-0.25, -0.2) is 4.39 Å². The molecule has 0 heterocycles. The number of rotatable bonds is 7. The van der Waals surface area contributed by atoms with E-state index in [1.54, 1.807) is 13.2 Å². The molecule has 0 saturated heterocycles. The maximum Gasteiger partial charge on any atom is 0.129 e. The number of methoxy groups -OCH3 is 1. The van der Waals surface area contributed by atoms with E-state index in [0.29, 0.717) is 18.0 Å². The Morgan fingerprint density at radius 2 is 2.21 bits per heavy atom. The number of halogens is 2. The number of anilines is 1. The van der Waals surface area contributed by atoms with Gasteiger partial charge in [0, 0.05) is 36.3 Å². The Balaban J connectivity index is 2.28. The monoisotopic (exact) mass is 329 g/mol. The molecule has 0 bridgehead atoms. The zero-order chi connectivity index (χ0) is 13.8. The second-order valence-corrected chi connectivity index (χ2v) is 5.70. The van der Waals surface area contributed by atoms with E-state index in [1.165, 1.54) is 18.9 Å². The van der Waals surface area contributed by atoms with E-state index in [9.17, 15) is 4.39 Å². The van der Waals surface area contributed by atoms with E-state index in [4.69, 9.17) is 4.74 Å². The second-order valence-electron chi connectivity index (χ2n) is 5.14. The highest BCUT2D eigenvalue weighted by Crippen LogP contribution is 2.38. The van der Waals surface area contributed by atoms with Crippen LogP contribution >= 0.6 is 15.9 Å². The van der Waals surface area contributed by atoms with E-state index < -0.39 is 0 Å². The van der Waals surface area contributed by atoms with Crippen molar-refractivity contribution in [1.82, 2.24) is 0 Å². The van der Waals surface area contributed by atoms with Crippen molar-refractivity contribution in [1.29, 1.82) is 0 Å². The van der Waals surface area contributed by atoms with Gasteiger partial charge >= 0.3 is 0 Å². The molecule has 106 valence electrons. The summed E-state index contributed by atoms with van der Waals surface area (Å²) in [4.78, 5) is 2.29. The lowest BCUT2D eigenvalue weighted by Crippen LogP contribution is -2.38. The maximum absolute atomic E-state index is 13.9. The molecule has 0 amide bonds. The van der Waals surface area contributed by atoms with Crippen molar-refractivity contribution in [3.8, 4) is 0 Å². The van der Waals surface area contributed by atoms with Crippen molar-refractivity contribution >= 4 is 21.6 Å². The van der Waals surface area contributed by atoms with E-state index in [1.807, 2.05) is 6.07 Å². The highest BCUT2D eigenvalue weighted by molar-refractivity contribution is 9.08. The summed E-state index contributed by atoms with van der Waals surface area (Å²) in [6, 6.07) is 5.76. The molecule has 0 N–H and O–H groups in total. The van der Waals surface area contributed by atoms with Gasteiger partial charge in [0.25, 0.3) is 0 Å². The van der Waals surface area contributed by atoms with Crippen molar-refractivity contribution in [3.63, 3.8) is 0 Å². The molecule has 1 saturated carbocycles. The number of hydrogen-bond acceptors (Lipinski definition) is 2. The molecule has 2 rings (SSSR count). The van der Waals surface area contributed by atoms with Gasteiger partial charge in [-0.3, -0.25) is 0 Å². The summed E-state index contributed by atoms with van der Waals surface area (Å²) < 4.78 is 19.1. The molecule has 0 aliphatic heterocycles. The summed E-state index contributed by atoms with van der Waals surface area (Å²) in [5.74, 6) is 0.600. The minimum atomic E-state index is -0.139. The molecule has 2 nitrogen and oxygen atoms in total. The van der Waals surface area contributed by atoms with Crippen molar-refractivity contribution in [2.24, 2.45) is 5.92 Å². The SMILES string of the molecule is COCCN(c1cccc(F)c1CBr)C(C)C1CC1. The Hall–Kier alpha value is -0.610. The summed E-state index contributed by atoms with van der Waals surface area (Å²) >= 11 is 3.40. The highest BCUT2D eigenvalue weighted by atomic mass is 79.9. The van der Waals surface area contributed by atoms with Crippen LogP contribution in [0.4, 0.5) is 10.1 Å². The topological polar surface area (TPSA) is 12.5 Å². The van der Waals surface area contributed by atoms with Gasteiger partial charge in [0.15, 0.2) is 0 Å². The van der Waals surface area contributed by atoms with Crippen molar-refractivity contribution in [3.05, 3.63) is 29.6 Å². The van der Waals surface area contributed by atoms with Crippen molar-refractivity contribution < 1.29 is 9.13 Å². The average Bonchev–Trinajstić information content (AvgIpc) is 3.23. The van der Waals surface area contributed by atoms with Gasteiger partial charge in [-0.1, -0.05) is 22.0 Å². The van der Waals surface area contributed by atoms with Crippen molar-refractivity contribution in [2.75, 3.05) is 25.2 Å². The summed E-state index contributed by atoms with van der Waals surface area (Å²) in [6.45, 7) is 3.70. The van der Waals surface area contributed by atoms with Crippen LogP contribution in [0, 0.1) is 11.7 Å². The van der Waals surface area contributed by atoms with Crippen LogP contribution in [0.15, 0.2) is 18.2 Å². The third kappa shape index (κ3) is 3.48. The number of ether oxygens (including phenoxy) is 1. The molecule has 1 unspecified atom stereocenters. The number of nitrogens with zero attached hydrogens (tertiary/aromatic N) is 1. The highest BCUT2D eigenvalue weighted by Gasteiger charge is 2.33. The van der Waals surface area contributed by atoms with E-state index in [-0.39, 0.29) is 5.82 Å². The first-order chi connectivity index (χ1) is 9.19. The van der Waals surface area contributed by atoms with Gasteiger partial charge in [0.1, 0.15) is 5.82 Å². The predicted molar refractivity (Wildman–Crippen MR) is 80.4 cm³/mol. The second kappa shape index (κ2) is 6.71. The lowest BCUT2D eigenvalue weighted by molar-refractivity contribution is 0.202. The first kappa shape index (κ1) is 14.8. The molecule has 0 radical (unpaired) electrons. The molecule has 1 aliphatic rings. The summed E-state index contributed by atoms with van der Waals surface area (Å²) in [5, 5.41) is 0.538. The Morgan fingerprint density at radius 3 is 2.79 bits per heavy atom. The Morgan fingerprint density at radius 1 is 1.47 bits per heavy atom. The number of alkyl halides is 1. The maximum atomic E-state index is 13.9. The van der Waals surface area contributed by atoms with E-state index >= 15 is 0 Å². The predicted octanol–water partition coefficient (Wildman–Crippen LogP) is 3.97. The number of hydrogen-bond donors (Lipinski definition) is 0. The smallest absolute Gasteiger partial charge is 0.129 e. The Bertz CT molecular complexity index is 423. The first-order valence-corrected chi connectivity index (χ1v) is 7.90. The van der Waals surface area contributed by atoms with Gasteiger partial charge in [-0.15, -0.1) is 0 Å². The molecule has 1 aromatic carbocycles. The molecule has 19 heavy (non-hydrogen) atoms. The molecule has 4 heteroatoms. The zero-order valence-electron chi connectivity index (χ0n) is 11.5. The Kier molecular flexibility index (Phi) is 5.22. The molecule has 1 atom stereocenters. The quantitative estimate of drug-likeness (QED) is 0.702. The fraction of sp³-hybridized carbons (Fsp3) is 0.600. The van der Waals surface area contributed by atoms with E-state index in [0.717, 1.165) is 23.7 Å². The lowest BCUT2D eigenvalue weighted by Gasteiger charge is -2.33. The lowest BCUT2D eigenvalue weighted by atomic mass is 10.1. The standard InChI is InChI=1S/C15H21BrFNO/c1-11(12-6-7-12)18(8-9-19-2)15-5-3-4-14(17)13(15)10-16/h3-5,11-12H,6-10H2,1-2H3. The summed E-state index contributed by atoms with van der Waals surface area (Å²) in [5.41, 5.74) is 1.74. The molecule has 1 aliphatic carbocycles. The van der Waals surface area contributed by atoms with Crippen LogP contribution in [0.1, 0.15) is 25.3 Å². The third-order valence-electron chi connectivity index (χ3n) is 3.87. The van der Waals surface area contributed by atoms with Crippen LogP contribution in [0.2, 0.25) is 0 Å².